The first-order valence-corrected chi connectivity index (χ1v) is 15.1. The van der Waals surface area contributed by atoms with Gasteiger partial charge < -0.3 is 21.1 Å². The summed E-state index contributed by atoms with van der Waals surface area (Å²) >= 11 is 0. The Morgan fingerprint density at radius 3 is 2.50 bits per heavy atom. The van der Waals surface area contributed by atoms with Gasteiger partial charge in [-0.05, 0) is 30.4 Å². The summed E-state index contributed by atoms with van der Waals surface area (Å²) in [5.74, 6) is -2.26. The fraction of sp³-hybridized carbons (Fsp3) is 0.538. The standard InChI is InChI=1S/C26H35N3O7S2/c1-16(2)24-20(30)14-23(32)36-35-22-10-6-7-11-37-38-15-19(26(34)29-24)27-25(33)18(13-21(31)28-22)12-17-8-4-3-5-9-17/h3-6,8-10,16,18-20,22,24,30H,7,11-15H2,1-2H3,(H,27,33)(H,28,31)(H,29,34)/b10-6+/t18-,19+,20-,22+,24+/m0/s1. The minimum atomic E-state index is -1.26. The number of hydrogen-bond acceptors (Lipinski definition) is 9. The van der Waals surface area contributed by atoms with E-state index < -0.39 is 60.4 Å². The van der Waals surface area contributed by atoms with Gasteiger partial charge in [-0.3, -0.25) is 19.3 Å². The lowest BCUT2D eigenvalue weighted by atomic mass is 9.94. The maximum atomic E-state index is 13.5. The van der Waals surface area contributed by atoms with Crippen molar-refractivity contribution in [2.24, 2.45) is 11.8 Å². The number of carbonyl (C=O) groups excluding carboxylic acids is 4. The molecule has 0 spiro atoms. The summed E-state index contributed by atoms with van der Waals surface area (Å²) in [5, 5.41) is 19.0. The second-order valence-corrected chi connectivity index (χ2v) is 12.2. The molecule has 10 nitrogen and oxygen atoms in total. The number of nitrogens with one attached hydrogen (secondary N) is 3. The molecule has 3 rings (SSSR count). The van der Waals surface area contributed by atoms with E-state index in [1.165, 1.54) is 10.8 Å². The highest BCUT2D eigenvalue weighted by Crippen LogP contribution is 2.24. The van der Waals surface area contributed by atoms with E-state index in [9.17, 15) is 24.3 Å². The lowest BCUT2D eigenvalue weighted by Crippen LogP contribution is -2.56. The van der Waals surface area contributed by atoms with Gasteiger partial charge in [0.2, 0.25) is 17.7 Å². The topological polar surface area (TPSA) is 143 Å². The molecule has 5 atom stereocenters. The van der Waals surface area contributed by atoms with Crippen molar-refractivity contribution in [3.63, 3.8) is 0 Å². The zero-order chi connectivity index (χ0) is 27.5. The molecule has 2 heterocycles. The van der Waals surface area contributed by atoms with Crippen LogP contribution in [-0.4, -0.2) is 64.7 Å². The molecular formula is C26H35N3O7S2. The minimum Gasteiger partial charge on any atom is -0.390 e. The van der Waals surface area contributed by atoms with Gasteiger partial charge in [-0.15, -0.1) is 0 Å². The molecule has 12 heteroatoms. The van der Waals surface area contributed by atoms with E-state index in [0.29, 0.717) is 12.2 Å². The largest absolute Gasteiger partial charge is 0.390 e. The molecule has 38 heavy (non-hydrogen) atoms. The predicted molar refractivity (Wildman–Crippen MR) is 145 cm³/mol. The lowest BCUT2D eigenvalue weighted by Gasteiger charge is -2.30. The van der Waals surface area contributed by atoms with Crippen molar-refractivity contribution in [1.82, 2.24) is 16.0 Å². The van der Waals surface area contributed by atoms with E-state index in [-0.39, 0.29) is 24.5 Å². The Morgan fingerprint density at radius 2 is 1.76 bits per heavy atom. The number of aliphatic hydroxyl groups excluding tert-OH is 1. The molecule has 1 saturated heterocycles. The Hall–Kier alpha value is -2.54. The van der Waals surface area contributed by atoms with Crippen molar-refractivity contribution in [3.8, 4) is 0 Å². The van der Waals surface area contributed by atoms with E-state index in [1.54, 1.807) is 36.8 Å². The van der Waals surface area contributed by atoms with Crippen molar-refractivity contribution < 1.29 is 34.1 Å². The number of benzene rings is 1. The smallest absolute Gasteiger partial charge is 0.345 e. The van der Waals surface area contributed by atoms with E-state index in [0.717, 1.165) is 5.56 Å². The van der Waals surface area contributed by atoms with Crippen molar-refractivity contribution in [1.29, 1.82) is 0 Å². The van der Waals surface area contributed by atoms with E-state index in [1.807, 2.05) is 30.3 Å². The maximum Gasteiger partial charge on any atom is 0.345 e. The van der Waals surface area contributed by atoms with Crippen LogP contribution >= 0.6 is 21.6 Å². The Bertz CT molecular complexity index is 992. The van der Waals surface area contributed by atoms with Crippen LogP contribution in [0.15, 0.2) is 42.5 Å². The summed E-state index contributed by atoms with van der Waals surface area (Å²) < 4.78 is 0. The third kappa shape index (κ3) is 9.64. The highest BCUT2D eigenvalue weighted by molar-refractivity contribution is 8.76. The van der Waals surface area contributed by atoms with Crippen LogP contribution in [0, 0.1) is 11.8 Å². The number of fused-ring (bicyclic) bond motifs is 7. The van der Waals surface area contributed by atoms with E-state index >= 15 is 0 Å². The predicted octanol–water partition coefficient (Wildman–Crippen LogP) is 1.88. The summed E-state index contributed by atoms with van der Waals surface area (Å²) in [4.78, 5) is 62.3. The normalized spacial score (nSPS) is 29.4. The Morgan fingerprint density at radius 1 is 1.00 bits per heavy atom. The molecule has 0 radical (unpaired) electrons. The van der Waals surface area contributed by atoms with Crippen LogP contribution in [0.4, 0.5) is 0 Å². The number of amides is 3. The number of carbonyl (C=O) groups is 4. The third-order valence-electron chi connectivity index (χ3n) is 6.12. The van der Waals surface area contributed by atoms with Crippen LogP contribution in [0.5, 0.6) is 0 Å². The Labute approximate surface area is 230 Å². The fourth-order valence-electron chi connectivity index (χ4n) is 4.09. The van der Waals surface area contributed by atoms with E-state index in [2.05, 4.69) is 16.0 Å². The van der Waals surface area contributed by atoms with Crippen LogP contribution in [0.3, 0.4) is 0 Å². The number of hydrogen-bond donors (Lipinski definition) is 4. The third-order valence-corrected chi connectivity index (χ3v) is 8.57. The first-order chi connectivity index (χ1) is 18.2. The highest BCUT2D eigenvalue weighted by Gasteiger charge is 2.33. The van der Waals surface area contributed by atoms with Crippen LogP contribution < -0.4 is 16.0 Å². The molecule has 2 bridgehead atoms. The van der Waals surface area contributed by atoms with Gasteiger partial charge in [-0.25, -0.2) is 4.79 Å². The van der Waals surface area contributed by atoms with Crippen molar-refractivity contribution in [2.75, 3.05) is 11.5 Å². The number of aliphatic hydroxyl groups is 1. The average molecular weight is 566 g/mol. The van der Waals surface area contributed by atoms with Gasteiger partial charge in [-0.1, -0.05) is 71.8 Å². The molecule has 2 aliphatic rings. The molecule has 1 aromatic carbocycles. The van der Waals surface area contributed by atoms with Crippen molar-refractivity contribution in [2.45, 2.75) is 63.9 Å². The number of rotatable bonds is 3. The van der Waals surface area contributed by atoms with Crippen molar-refractivity contribution >= 4 is 45.3 Å². The average Bonchev–Trinajstić information content (AvgIpc) is 2.87. The van der Waals surface area contributed by atoms with Gasteiger partial charge in [0.25, 0.3) is 0 Å². The van der Waals surface area contributed by atoms with Crippen LogP contribution in [0.25, 0.3) is 0 Å². The van der Waals surface area contributed by atoms with Crippen molar-refractivity contribution in [3.05, 3.63) is 48.0 Å². The molecule has 1 aromatic rings. The molecule has 208 valence electrons. The zero-order valence-corrected chi connectivity index (χ0v) is 23.1. The molecule has 3 amide bonds. The van der Waals surface area contributed by atoms with Crippen LogP contribution in [0.1, 0.15) is 38.7 Å². The zero-order valence-electron chi connectivity index (χ0n) is 21.5. The van der Waals surface area contributed by atoms with Gasteiger partial charge >= 0.3 is 5.97 Å². The van der Waals surface area contributed by atoms with Crippen LogP contribution in [-0.2, 0) is 35.4 Å². The quantitative estimate of drug-likeness (QED) is 0.245. The van der Waals surface area contributed by atoms with Gasteiger partial charge in [0.05, 0.1) is 24.5 Å². The lowest BCUT2D eigenvalue weighted by molar-refractivity contribution is -0.294. The van der Waals surface area contributed by atoms with Gasteiger partial charge in [0.1, 0.15) is 6.04 Å². The number of allylic oxidation sites excluding steroid dienone is 1. The second-order valence-electron chi connectivity index (χ2n) is 9.56. The Kier molecular flexibility index (Phi) is 12.0. The molecule has 2 aliphatic heterocycles. The SMILES string of the molecule is CC(C)[C@H]1NC(=O)[C@H]2CSSCC/C=C/[C@H](NC(=O)C[C@H](Cc3ccccc3)C(=O)N2)OOC(=O)C[C@@H]1O. The molecule has 0 aliphatic carbocycles. The van der Waals surface area contributed by atoms with E-state index in [4.69, 9.17) is 9.78 Å². The summed E-state index contributed by atoms with van der Waals surface area (Å²) in [6.07, 6.45) is 1.33. The molecule has 4 N–H and O–H groups in total. The first-order valence-electron chi connectivity index (χ1n) is 12.6. The monoisotopic (exact) mass is 565 g/mol. The second kappa shape index (κ2) is 15.2. The summed E-state index contributed by atoms with van der Waals surface area (Å²) in [5.41, 5.74) is 0.864. The molecule has 0 unspecified atom stereocenters. The minimum absolute atomic E-state index is 0.175. The summed E-state index contributed by atoms with van der Waals surface area (Å²) in [7, 11) is 2.99. The van der Waals surface area contributed by atoms with Gasteiger partial charge in [0, 0.05) is 17.9 Å². The fourth-order valence-corrected chi connectivity index (χ4v) is 6.25. The Balaban J connectivity index is 1.97. The molecular weight excluding hydrogens is 530 g/mol. The van der Waals surface area contributed by atoms with Crippen LogP contribution in [0.2, 0.25) is 0 Å². The molecule has 0 saturated carbocycles. The summed E-state index contributed by atoms with van der Waals surface area (Å²) in [6.45, 7) is 3.61. The molecule has 1 fully saturated rings. The first kappa shape index (κ1) is 30.0. The highest BCUT2D eigenvalue weighted by atomic mass is 33.1. The maximum absolute atomic E-state index is 13.5. The molecule has 0 aromatic heterocycles. The van der Waals surface area contributed by atoms with Gasteiger partial charge in [0.15, 0.2) is 6.23 Å². The van der Waals surface area contributed by atoms with Gasteiger partial charge in [-0.2, -0.15) is 4.89 Å². The summed E-state index contributed by atoms with van der Waals surface area (Å²) in [6, 6.07) is 7.61.